The number of thiazole rings is 1. The lowest BCUT2D eigenvalue weighted by Gasteiger charge is -2.15. The van der Waals surface area contributed by atoms with Crippen LogP contribution in [0.4, 0.5) is 10.8 Å². The molecule has 0 saturated carbocycles. The van der Waals surface area contributed by atoms with Crippen molar-refractivity contribution in [3.63, 3.8) is 0 Å². The van der Waals surface area contributed by atoms with Crippen LogP contribution < -0.4 is 5.32 Å². The summed E-state index contributed by atoms with van der Waals surface area (Å²) in [5.41, 5.74) is 1.45. The van der Waals surface area contributed by atoms with Crippen molar-refractivity contribution in [1.29, 1.82) is 0 Å². The summed E-state index contributed by atoms with van der Waals surface area (Å²) in [7, 11) is 0. The van der Waals surface area contributed by atoms with Crippen LogP contribution >= 0.6 is 11.3 Å². The van der Waals surface area contributed by atoms with E-state index in [0.29, 0.717) is 16.6 Å². The Bertz CT molecular complexity index is 757. The summed E-state index contributed by atoms with van der Waals surface area (Å²) < 4.78 is 0. The number of nitrogens with one attached hydrogen (secondary N) is 1. The number of fused-ring (bicyclic) bond motifs is 1. The normalized spacial score (nSPS) is 16.7. The third-order valence-electron chi connectivity index (χ3n) is 3.97. The third kappa shape index (κ3) is 3.56. The summed E-state index contributed by atoms with van der Waals surface area (Å²) in [4.78, 5) is 28.4. The summed E-state index contributed by atoms with van der Waals surface area (Å²) >= 11 is 1.51. The van der Waals surface area contributed by atoms with Crippen molar-refractivity contribution in [1.82, 2.24) is 4.98 Å². The molecular weight excluding hydrogens is 314 g/mol. The molecule has 2 aromatic rings. The maximum atomic E-state index is 12.2. The van der Waals surface area contributed by atoms with Crippen LogP contribution in [0.1, 0.15) is 29.5 Å². The molecule has 0 bridgehead atoms. The van der Waals surface area contributed by atoms with Crippen LogP contribution in [-0.4, -0.2) is 15.8 Å². The van der Waals surface area contributed by atoms with Crippen LogP contribution in [0.5, 0.6) is 0 Å². The lowest BCUT2D eigenvalue weighted by atomic mass is 9.93. The first-order valence-corrected chi connectivity index (χ1v) is 8.35. The highest BCUT2D eigenvalue weighted by atomic mass is 32.1. The number of carbonyl (C=O) groups is 1. The van der Waals surface area contributed by atoms with E-state index in [1.807, 2.05) is 0 Å². The maximum absolute atomic E-state index is 12.2. The lowest BCUT2D eigenvalue weighted by Crippen LogP contribution is -2.15. The fraction of sp³-hybridized carbons (Fsp3) is 0.375. The van der Waals surface area contributed by atoms with Gasteiger partial charge in [0, 0.05) is 16.5 Å². The molecule has 120 valence electrons. The van der Waals surface area contributed by atoms with Crippen molar-refractivity contribution < 1.29 is 9.72 Å². The monoisotopic (exact) mass is 331 g/mol. The Balaban J connectivity index is 1.70. The molecule has 0 fully saturated rings. The minimum atomic E-state index is -0.466. The minimum Gasteiger partial charge on any atom is -0.302 e. The number of nitrogens with zero attached hydrogens (tertiary/aromatic N) is 2. The second-order valence-corrected chi connectivity index (χ2v) is 6.93. The minimum absolute atomic E-state index is 0.0300. The van der Waals surface area contributed by atoms with Gasteiger partial charge in [-0.1, -0.05) is 25.1 Å². The van der Waals surface area contributed by atoms with Gasteiger partial charge in [0.15, 0.2) is 5.13 Å². The zero-order valence-electron chi connectivity index (χ0n) is 12.7. The highest BCUT2D eigenvalue weighted by Crippen LogP contribution is 2.32. The predicted octanol–water partition coefficient (Wildman–Crippen LogP) is 3.36. The van der Waals surface area contributed by atoms with Crippen molar-refractivity contribution in [2.45, 2.75) is 32.6 Å². The fourth-order valence-corrected chi connectivity index (χ4v) is 3.96. The lowest BCUT2D eigenvalue weighted by molar-refractivity contribution is -0.385. The van der Waals surface area contributed by atoms with Crippen molar-refractivity contribution >= 4 is 28.1 Å². The molecule has 0 spiro atoms. The summed E-state index contributed by atoms with van der Waals surface area (Å²) in [5.74, 6) is 0.372. The number of nitro groups is 1. The first-order valence-electron chi connectivity index (χ1n) is 7.53. The molecular formula is C16H17N3O3S. The molecule has 0 saturated heterocycles. The Hall–Kier alpha value is -2.28. The number of aryl methyl sites for hydroxylation is 1. The van der Waals surface area contributed by atoms with Gasteiger partial charge in [0.2, 0.25) is 5.91 Å². The number of hydrogen-bond acceptors (Lipinski definition) is 5. The largest absolute Gasteiger partial charge is 0.302 e. The van der Waals surface area contributed by atoms with Crippen LogP contribution in [0, 0.1) is 16.0 Å². The van der Waals surface area contributed by atoms with Gasteiger partial charge in [-0.25, -0.2) is 4.98 Å². The van der Waals surface area contributed by atoms with E-state index in [-0.39, 0.29) is 18.0 Å². The topological polar surface area (TPSA) is 85.1 Å². The van der Waals surface area contributed by atoms with E-state index >= 15 is 0 Å². The highest BCUT2D eigenvalue weighted by molar-refractivity contribution is 7.15. The highest BCUT2D eigenvalue weighted by Gasteiger charge is 2.21. The predicted molar refractivity (Wildman–Crippen MR) is 88.7 cm³/mol. The van der Waals surface area contributed by atoms with Gasteiger partial charge in [-0.3, -0.25) is 14.9 Å². The second-order valence-electron chi connectivity index (χ2n) is 5.85. The molecule has 0 radical (unpaired) electrons. The van der Waals surface area contributed by atoms with E-state index in [1.165, 1.54) is 22.3 Å². The molecule has 0 aliphatic heterocycles. The van der Waals surface area contributed by atoms with Crippen LogP contribution in [0.3, 0.4) is 0 Å². The molecule has 1 aliphatic rings. The second kappa shape index (κ2) is 6.45. The summed E-state index contributed by atoms with van der Waals surface area (Å²) in [6.07, 6.45) is 3.05. The standard InChI is InChI=1S/C16H17N3O3S/c1-10-6-7-12-14(8-10)23-16(17-12)18-15(20)9-11-4-2-3-5-13(11)19(21)22/h2-5,10H,6-9H2,1H3,(H,17,18,20)/t10-/m0/s1. The molecule has 1 atom stereocenters. The fourth-order valence-electron chi connectivity index (χ4n) is 2.77. The molecule has 1 aliphatic carbocycles. The maximum Gasteiger partial charge on any atom is 0.273 e. The molecule has 1 aromatic heterocycles. The number of aromatic nitrogens is 1. The van der Waals surface area contributed by atoms with Crippen LogP contribution in [0.25, 0.3) is 0 Å². The molecule has 3 rings (SSSR count). The number of anilines is 1. The number of para-hydroxylation sites is 1. The molecule has 1 N–H and O–H groups in total. The van der Waals surface area contributed by atoms with Gasteiger partial charge in [0.1, 0.15) is 0 Å². The van der Waals surface area contributed by atoms with Gasteiger partial charge < -0.3 is 5.32 Å². The number of carbonyl (C=O) groups excluding carboxylic acids is 1. The van der Waals surface area contributed by atoms with Crippen LogP contribution in [-0.2, 0) is 24.1 Å². The smallest absolute Gasteiger partial charge is 0.273 e. The Morgan fingerprint density at radius 1 is 1.48 bits per heavy atom. The number of rotatable bonds is 4. The summed E-state index contributed by atoms with van der Waals surface area (Å²) in [5, 5.41) is 14.4. The van der Waals surface area contributed by atoms with Crippen molar-refractivity contribution in [3.8, 4) is 0 Å². The quantitative estimate of drug-likeness (QED) is 0.687. The number of hydrogen-bond donors (Lipinski definition) is 1. The summed E-state index contributed by atoms with van der Waals surface area (Å²) in [6.45, 7) is 2.22. The molecule has 1 amide bonds. The van der Waals surface area contributed by atoms with E-state index in [4.69, 9.17) is 0 Å². The average Bonchev–Trinajstić information content (AvgIpc) is 2.88. The van der Waals surface area contributed by atoms with Crippen molar-refractivity contribution in [2.24, 2.45) is 5.92 Å². The van der Waals surface area contributed by atoms with Gasteiger partial charge in [0.05, 0.1) is 17.0 Å². The molecule has 6 nitrogen and oxygen atoms in total. The van der Waals surface area contributed by atoms with Gasteiger partial charge in [-0.15, -0.1) is 11.3 Å². The SMILES string of the molecule is C[C@H]1CCc2nc(NC(=O)Cc3ccccc3[N+](=O)[O-])sc2C1. The third-order valence-corrected chi connectivity index (χ3v) is 5.01. The average molecular weight is 331 g/mol. The molecule has 1 heterocycles. The zero-order chi connectivity index (χ0) is 16.4. The Kier molecular flexibility index (Phi) is 4.38. The molecule has 0 unspecified atom stereocenters. The van der Waals surface area contributed by atoms with E-state index in [1.54, 1.807) is 18.2 Å². The van der Waals surface area contributed by atoms with Gasteiger partial charge in [-0.2, -0.15) is 0 Å². The van der Waals surface area contributed by atoms with E-state index < -0.39 is 4.92 Å². The summed E-state index contributed by atoms with van der Waals surface area (Å²) in [6, 6.07) is 6.30. The molecule has 1 aromatic carbocycles. The number of nitro benzene ring substituents is 1. The Labute approximate surface area is 137 Å². The Morgan fingerprint density at radius 3 is 3.04 bits per heavy atom. The first-order chi connectivity index (χ1) is 11.0. The zero-order valence-corrected chi connectivity index (χ0v) is 13.6. The Morgan fingerprint density at radius 2 is 2.26 bits per heavy atom. The van der Waals surface area contributed by atoms with Gasteiger partial charge in [-0.05, 0) is 25.2 Å². The van der Waals surface area contributed by atoms with Crippen LogP contribution in [0.2, 0.25) is 0 Å². The van der Waals surface area contributed by atoms with E-state index in [2.05, 4.69) is 17.2 Å². The van der Waals surface area contributed by atoms with Crippen LogP contribution in [0.15, 0.2) is 24.3 Å². The van der Waals surface area contributed by atoms with Gasteiger partial charge >= 0.3 is 0 Å². The number of amides is 1. The number of benzene rings is 1. The van der Waals surface area contributed by atoms with Gasteiger partial charge in [0.25, 0.3) is 5.69 Å². The van der Waals surface area contributed by atoms with E-state index in [0.717, 1.165) is 25.0 Å². The first kappa shape index (κ1) is 15.6. The van der Waals surface area contributed by atoms with Crippen molar-refractivity contribution in [2.75, 3.05) is 5.32 Å². The molecule has 23 heavy (non-hydrogen) atoms. The van der Waals surface area contributed by atoms with Crippen molar-refractivity contribution in [3.05, 3.63) is 50.5 Å². The van der Waals surface area contributed by atoms with E-state index in [9.17, 15) is 14.9 Å². The molecule has 7 heteroatoms.